The number of aliphatic hydroxyl groups is 1. The SMILES string of the molecule is C[C@H]1CN([C@@H](C)CO)S(=O)(=O)c2ccc(C3=CCCCC3)cc2O[C@@H]1CN(C)S(=O)(=O)c1cn(C)cn1. The van der Waals surface area contributed by atoms with Gasteiger partial charge < -0.3 is 14.4 Å². The summed E-state index contributed by atoms with van der Waals surface area (Å²) in [6.45, 7) is 3.20. The van der Waals surface area contributed by atoms with Crippen LogP contribution in [0.2, 0.25) is 0 Å². The van der Waals surface area contributed by atoms with Crippen molar-refractivity contribution in [1.82, 2.24) is 18.2 Å². The number of nitrogens with zero attached hydrogens (tertiary/aromatic N) is 4. The van der Waals surface area contributed by atoms with Crippen molar-refractivity contribution in [3.63, 3.8) is 0 Å². The molecule has 0 saturated carbocycles. The lowest BCUT2D eigenvalue weighted by Crippen LogP contribution is -2.50. The van der Waals surface area contributed by atoms with Crippen LogP contribution >= 0.6 is 0 Å². The molecule has 1 N–H and O–H groups in total. The number of hydrogen-bond donors (Lipinski definition) is 1. The Balaban J connectivity index is 1.75. The molecule has 2 aliphatic rings. The molecule has 204 valence electrons. The largest absolute Gasteiger partial charge is 0.487 e. The summed E-state index contributed by atoms with van der Waals surface area (Å²) in [6, 6.07) is 4.46. The highest BCUT2D eigenvalue weighted by Gasteiger charge is 2.39. The highest BCUT2D eigenvalue weighted by Crippen LogP contribution is 2.37. The second-order valence-corrected chi connectivity index (χ2v) is 13.9. The van der Waals surface area contributed by atoms with Gasteiger partial charge in [0.15, 0.2) is 5.03 Å². The van der Waals surface area contributed by atoms with Gasteiger partial charge in [0.2, 0.25) is 10.0 Å². The number of rotatable bonds is 7. The maximum Gasteiger partial charge on any atom is 0.261 e. The number of hydrogen-bond acceptors (Lipinski definition) is 7. The van der Waals surface area contributed by atoms with Crippen molar-refractivity contribution < 1.29 is 26.7 Å². The van der Waals surface area contributed by atoms with Crippen LogP contribution in [0.4, 0.5) is 0 Å². The van der Waals surface area contributed by atoms with E-state index in [9.17, 15) is 21.9 Å². The molecule has 0 fully saturated rings. The quantitative estimate of drug-likeness (QED) is 0.560. The molecule has 37 heavy (non-hydrogen) atoms. The molecule has 2 heterocycles. The third-order valence-corrected chi connectivity index (χ3v) is 10.9. The Morgan fingerprint density at radius 1 is 1.30 bits per heavy atom. The van der Waals surface area contributed by atoms with E-state index in [1.165, 1.54) is 28.2 Å². The average molecular weight is 553 g/mol. The van der Waals surface area contributed by atoms with Crippen molar-refractivity contribution >= 4 is 25.6 Å². The summed E-state index contributed by atoms with van der Waals surface area (Å²) in [5, 5.41) is 9.77. The van der Waals surface area contributed by atoms with Crippen LogP contribution in [-0.4, -0.2) is 79.0 Å². The average Bonchev–Trinajstić information content (AvgIpc) is 3.33. The zero-order valence-corrected chi connectivity index (χ0v) is 23.4. The lowest BCUT2D eigenvalue weighted by molar-refractivity contribution is 0.0904. The maximum absolute atomic E-state index is 13.7. The maximum atomic E-state index is 13.7. The van der Waals surface area contributed by atoms with Crippen molar-refractivity contribution in [1.29, 1.82) is 0 Å². The van der Waals surface area contributed by atoms with Crippen molar-refractivity contribution in [2.45, 2.75) is 61.6 Å². The predicted octanol–water partition coefficient (Wildman–Crippen LogP) is 2.47. The number of allylic oxidation sites excluding steroid dienone is 2. The third-order valence-electron chi connectivity index (χ3n) is 7.12. The van der Waals surface area contributed by atoms with Crippen LogP contribution in [0.5, 0.6) is 5.75 Å². The third kappa shape index (κ3) is 5.63. The molecule has 2 aromatic rings. The van der Waals surface area contributed by atoms with Gasteiger partial charge in [-0.1, -0.05) is 19.1 Å². The van der Waals surface area contributed by atoms with Gasteiger partial charge in [0.1, 0.15) is 16.7 Å². The van der Waals surface area contributed by atoms with E-state index < -0.39 is 32.2 Å². The molecule has 3 atom stereocenters. The zero-order chi connectivity index (χ0) is 27.0. The van der Waals surface area contributed by atoms with Crippen LogP contribution in [-0.2, 0) is 27.1 Å². The molecule has 1 aromatic carbocycles. The number of aryl methyl sites for hydroxylation is 1. The minimum atomic E-state index is -3.97. The van der Waals surface area contributed by atoms with E-state index in [0.717, 1.165) is 36.8 Å². The van der Waals surface area contributed by atoms with Crippen LogP contribution in [0.1, 0.15) is 45.1 Å². The monoisotopic (exact) mass is 552 g/mol. The van der Waals surface area contributed by atoms with E-state index in [1.807, 2.05) is 6.92 Å². The van der Waals surface area contributed by atoms with Crippen LogP contribution < -0.4 is 4.74 Å². The van der Waals surface area contributed by atoms with Gasteiger partial charge in [0, 0.05) is 38.8 Å². The topological polar surface area (TPSA) is 122 Å². The standard InChI is InChI=1S/C25H36N4O6S2/c1-18-13-29(19(2)16-30)36(31,32)24-11-10-21(20-8-6-5-7-9-20)12-22(24)35-23(18)14-28(4)37(33,34)25-15-27(3)17-26-25/h8,10-12,15,17-19,23,30H,5-7,9,13-14,16H2,1-4H3/t18-,19-,23+/m0/s1. The molecular weight excluding hydrogens is 516 g/mol. The Kier molecular flexibility index (Phi) is 8.15. The summed E-state index contributed by atoms with van der Waals surface area (Å²) < 4.78 is 64.1. The first-order valence-electron chi connectivity index (χ1n) is 12.5. The fourth-order valence-corrected chi connectivity index (χ4v) is 7.74. The van der Waals surface area contributed by atoms with Crippen molar-refractivity contribution in [2.75, 3.05) is 26.7 Å². The number of aromatic nitrogens is 2. The second-order valence-electron chi connectivity index (χ2n) is 10.0. The van der Waals surface area contributed by atoms with Gasteiger partial charge in [-0.3, -0.25) is 0 Å². The molecule has 1 aliphatic carbocycles. The molecule has 12 heteroatoms. The molecule has 1 aromatic heterocycles. The number of benzene rings is 1. The number of fused-ring (bicyclic) bond motifs is 1. The zero-order valence-electron chi connectivity index (χ0n) is 21.7. The molecule has 0 saturated heterocycles. The first kappa shape index (κ1) is 27.8. The van der Waals surface area contributed by atoms with E-state index in [1.54, 1.807) is 36.7 Å². The minimum absolute atomic E-state index is 0.00612. The summed E-state index contributed by atoms with van der Waals surface area (Å²) in [4.78, 5) is 4.00. The van der Waals surface area contributed by atoms with Gasteiger partial charge in [-0.05, 0) is 55.9 Å². The number of likely N-dealkylation sites (N-methyl/N-ethyl adjacent to an activating group) is 1. The molecule has 0 amide bonds. The van der Waals surface area contributed by atoms with Gasteiger partial charge in [0.05, 0.1) is 19.5 Å². The molecule has 0 bridgehead atoms. The normalized spacial score (nSPS) is 23.5. The lowest BCUT2D eigenvalue weighted by atomic mass is 9.93. The highest BCUT2D eigenvalue weighted by molar-refractivity contribution is 7.89. The van der Waals surface area contributed by atoms with Crippen LogP contribution in [0, 0.1) is 5.92 Å². The van der Waals surface area contributed by atoms with E-state index >= 15 is 0 Å². The predicted molar refractivity (Wildman–Crippen MR) is 140 cm³/mol. The Morgan fingerprint density at radius 3 is 2.68 bits per heavy atom. The summed E-state index contributed by atoms with van der Waals surface area (Å²) in [7, 11) is -4.69. The van der Waals surface area contributed by atoms with E-state index in [0.29, 0.717) is 0 Å². The second kappa shape index (κ2) is 10.9. The summed E-state index contributed by atoms with van der Waals surface area (Å²) in [5.74, 6) is -0.185. The lowest BCUT2D eigenvalue weighted by Gasteiger charge is -2.37. The van der Waals surface area contributed by atoms with E-state index in [-0.39, 0.29) is 41.3 Å². The smallest absolute Gasteiger partial charge is 0.261 e. The molecule has 1 aliphatic heterocycles. The number of sulfonamides is 2. The Labute approximate surface area is 219 Å². The minimum Gasteiger partial charge on any atom is -0.487 e. The number of aliphatic hydroxyl groups excluding tert-OH is 1. The summed E-state index contributed by atoms with van der Waals surface area (Å²) in [5.41, 5.74) is 2.05. The number of imidazole rings is 1. The highest BCUT2D eigenvalue weighted by atomic mass is 32.2. The van der Waals surface area contributed by atoms with Crippen molar-refractivity contribution in [3.8, 4) is 5.75 Å². The fourth-order valence-electron chi connectivity index (χ4n) is 4.78. The van der Waals surface area contributed by atoms with E-state index in [4.69, 9.17) is 4.74 Å². The Bertz CT molecular complexity index is 1370. The molecule has 0 radical (unpaired) electrons. The van der Waals surface area contributed by atoms with Gasteiger partial charge in [-0.2, -0.15) is 8.61 Å². The fraction of sp³-hybridized carbons (Fsp3) is 0.560. The van der Waals surface area contributed by atoms with Gasteiger partial charge in [-0.15, -0.1) is 0 Å². The molecular formula is C25H36N4O6S2. The van der Waals surface area contributed by atoms with Crippen LogP contribution in [0.15, 0.2) is 46.7 Å². The van der Waals surface area contributed by atoms with E-state index in [2.05, 4.69) is 11.1 Å². The van der Waals surface area contributed by atoms with Gasteiger partial charge in [0.25, 0.3) is 10.0 Å². The first-order chi connectivity index (χ1) is 17.4. The summed E-state index contributed by atoms with van der Waals surface area (Å²) >= 11 is 0. The van der Waals surface area contributed by atoms with Crippen LogP contribution in [0.3, 0.4) is 0 Å². The van der Waals surface area contributed by atoms with Gasteiger partial charge >= 0.3 is 0 Å². The Morgan fingerprint density at radius 2 is 2.05 bits per heavy atom. The van der Waals surface area contributed by atoms with Crippen molar-refractivity contribution in [3.05, 3.63) is 42.4 Å². The van der Waals surface area contributed by atoms with Gasteiger partial charge in [-0.25, -0.2) is 21.8 Å². The first-order valence-corrected chi connectivity index (χ1v) is 15.4. The summed E-state index contributed by atoms with van der Waals surface area (Å²) in [6.07, 6.45) is 8.46. The molecule has 10 nitrogen and oxygen atoms in total. The van der Waals surface area contributed by atoms with Crippen LogP contribution in [0.25, 0.3) is 5.57 Å². The Hall–Kier alpha value is -2.25. The molecule has 0 spiro atoms. The van der Waals surface area contributed by atoms with Crippen molar-refractivity contribution in [2.24, 2.45) is 13.0 Å². The number of ether oxygens (including phenoxy) is 1. The molecule has 0 unspecified atom stereocenters. The molecule has 4 rings (SSSR count).